The van der Waals surface area contributed by atoms with Crippen LogP contribution in [-0.4, -0.2) is 11.7 Å². The molecule has 0 aliphatic rings. The third kappa shape index (κ3) is 14.0. The fourth-order valence-electron chi connectivity index (χ4n) is 2.22. The van der Waals surface area contributed by atoms with Crippen LogP contribution in [0.25, 0.3) is 0 Å². The molecular formula is C16H31ClO. The van der Waals surface area contributed by atoms with Gasteiger partial charge < -0.3 is 0 Å². The van der Waals surface area contributed by atoms with Crippen LogP contribution < -0.4 is 0 Å². The standard InChI is InChI=1S/C16H31ClO/c1-2-3-4-5-6-7-8-9-10-11-12-13-16(18)14-15-17/h2-15H2,1H3. The van der Waals surface area contributed by atoms with E-state index in [0.717, 1.165) is 12.8 Å². The maximum Gasteiger partial charge on any atom is 0.134 e. The number of alkyl halides is 1. The summed E-state index contributed by atoms with van der Waals surface area (Å²) in [5, 5.41) is 0. The Morgan fingerprint density at radius 3 is 1.61 bits per heavy atom. The summed E-state index contributed by atoms with van der Waals surface area (Å²) in [6.45, 7) is 2.26. The van der Waals surface area contributed by atoms with Crippen molar-refractivity contribution in [1.82, 2.24) is 0 Å². The van der Waals surface area contributed by atoms with E-state index in [-0.39, 0.29) is 0 Å². The molecule has 0 aromatic carbocycles. The second kappa shape index (κ2) is 15.0. The highest BCUT2D eigenvalue weighted by molar-refractivity contribution is 6.19. The lowest BCUT2D eigenvalue weighted by atomic mass is 10.0. The fourth-order valence-corrected chi connectivity index (χ4v) is 2.43. The van der Waals surface area contributed by atoms with Gasteiger partial charge in [0, 0.05) is 18.7 Å². The molecule has 0 aliphatic carbocycles. The molecule has 0 aliphatic heterocycles. The molecule has 0 N–H and O–H groups in total. The molecule has 0 saturated carbocycles. The second-order valence-corrected chi connectivity index (χ2v) is 5.64. The van der Waals surface area contributed by atoms with Crippen LogP contribution in [0.5, 0.6) is 0 Å². The molecule has 18 heavy (non-hydrogen) atoms. The first-order valence-corrected chi connectivity index (χ1v) is 8.42. The predicted octanol–water partition coefficient (Wildman–Crippen LogP) is 5.89. The largest absolute Gasteiger partial charge is 0.300 e. The van der Waals surface area contributed by atoms with Crippen LogP contribution >= 0.6 is 11.6 Å². The summed E-state index contributed by atoms with van der Waals surface area (Å²) >= 11 is 5.52. The highest BCUT2D eigenvalue weighted by Gasteiger charge is 2.00. The van der Waals surface area contributed by atoms with Gasteiger partial charge in [-0.05, 0) is 6.42 Å². The zero-order valence-electron chi connectivity index (χ0n) is 12.2. The van der Waals surface area contributed by atoms with Gasteiger partial charge in [-0.15, -0.1) is 11.6 Å². The normalized spacial score (nSPS) is 10.8. The number of carbonyl (C=O) groups excluding carboxylic acids is 1. The number of rotatable bonds is 14. The van der Waals surface area contributed by atoms with Crippen molar-refractivity contribution in [3.8, 4) is 0 Å². The van der Waals surface area contributed by atoms with Crippen molar-refractivity contribution in [2.45, 2.75) is 90.4 Å². The minimum Gasteiger partial charge on any atom is -0.300 e. The maximum atomic E-state index is 11.2. The molecule has 0 radical (unpaired) electrons. The summed E-state index contributed by atoms with van der Waals surface area (Å²) in [7, 11) is 0. The quantitative estimate of drug-likeness (QED) is 0.285. The molecule has 108 valence electrons. The lowest BCUT2D eigenvalue weighted by Gasteiger charge is -2.02. The van der Waals surface area contributed by atoms with Crippen LogP contribution in [-0.2, 0) is 4.79 Å². The van der Waals surface area contributed by atoms with E-state index in [4.69, 9.17) is 11.6 Å². The molecule has 0 saturated heterocycles. The van der Waals surface area contributed by atoms with E-state index < -0.39 is 0 Å². The van der Waals surface area contributed by atoms with Crippen LogP contribution in [0.2, 0.25) is 0 Å². The van der Waals surface area contributed by atoms with Crippen molar-refractivity contribution in [3.05, 3.63) is 0 Å². The van der Waals surface area contributed by atoms with Gasteiger partial charge in [0.1, 0.15) is 5.78 Å². The Labute approximate surface area is 119 Å². The predicted molar refractivity (Wildman–Crippen MR) is 81.4 cm³/mol. The molecule has 0 fully saturated rings. The van der Waals surface area contributed by atoms with Crippen molar-refractivity contribution in [2.24, 2.45) is 0 Å². The molecule has 0 rings (SSSR count). The van der Waals surface area contributed by atoms with E-state index in [1.165, 1.54) is 64.2 Å². The number of unbranched alkanes of at least 4 members (excludes halogenated alkanes) is 10. The van der Waals surface area contributed by atoms with E-state index >= 15 is 0 Å². The molecular weight excluding hydrogens is 244 g/mol. The van der Waals surface area contributed by atoms with Gasteiger partial charge in [0.2, 0.25) is 0 Å². The van der Waals surface area contributed by atoms with Crippen LogP contribution in [0, 0.1) is 0 Å². The molecule has 0 spiro atoms. The number of Topliss-reactive ketones (excluding diaryl/α,β-unsaturated/α-hetero) is 1. The van der Waals surface area contributed by atoms with E-state index in [0.29, 0.717) is 18.1 Å². The number of ketones is 1. The smallest absolute Gasteiger partial charge is 0.134 e. The molecule has 0 aromatic heterocycles. The number of hydrogen-bond donors (Lipinski definition) is 0. The minimum absolute atomic E-state index is 0.334. The molecule has 1 nitrogen and oxygen atoms in total. The zero-order chi connectivity index (χ0) is 13.5. The van der Waals surface area contributed by atoms with E-state index in [2.05, 4.69) is 6.92 Å². The molecule has 0 heterocycles. The van der Waals surface area contributed by atoms with Gasteiger partial charge in [-0.25, -0.2) is 0 Å². The van der Waals surface area contributed by atoms with Crippen LogP contribution in [0.4, 0.5) is 0 Å². The molecule has 0 aromatic rings. The number of halogens is 1. The summed E-state index contributed by atoms with van der Waals surface area (Å²) in [5.41, 5.74) is 0. The van der Waals surface area contributed by atoms with Crippen molar-refractivity contribution < 1.29 is 4.79 Å². The minimum atomic E-state index is 0.334. The Kier molecular flexibility index (Phi) is 15.0. The zero-order valence-corrected chi connectivity index (χ0v) is 12.9. The highest BCUT2D eigenvalue weighted by Crippen LogP contribution is 2.12. The molecule has 2 heteroatoms. The topological polar surface area (TPSA) is 17.1 Å². The lowest BCUT2D eigenvalue weighted by Crippen LogP contribution is -1.97. The Morgan fingerprint density at radius 1 is 0.722 bits per heavy atom. The summed E-state index contributed by atoms with van der Waals surface area (Å²) in [6, 6.07) is 0. The second-order valence-electron chi connectivity index (χ2n) is 5.26. The first-order chi connectivity index (χ1) is 8.81. The Morgan fingerprint density at radius 2 is 1.17 bits per heavy atom. The Hall–Kier alpha value is -0.0400. The lowest BCUT2D eigenvalue weighted by molar-refractivity contribution is -0.118. The van der Waals surface area contributed by atoms with Gasteiger partial charge in [-0.2, -0.15) is 0 Å². The van der Waals surface area contributed by atoms with Gasteiger partial charge in [-0.3, -0.25) is 4.79 Å². The van der Waals surface area contributed by atoms with E-state index in [1.807, 2.05) is 0 Å². The fraction of sp³-hybridized carbons (Fsp3) is 0.938. The van der Waals surface area contributed by atoms with Gasteiger partial charge >= 0.3 is 0 Å². The van der Waals surface area contributed by atoms with Crippen LogP contribution in [0.3, 0.4) is 0 Å². The Bertz CT molecular complexity index is 180. The average molecular weight is 275 g/mol. The third-order valence-corrected chi connectivity index (χ3v) is 3.62. The summed E-state index contributed by atoms with van der Waals surface area (Å²) < 4.78 is 0. The van der Waals surface area contributed by atoms with Crippen molar-refractivity contribution in [3.63, 3.8) is 0 Å². The summed E-state index contributed by atoms with van der Waals surface area (Å²) in [4.78, 5) is 11.2. The third-order valence-electron chi connectivity index (χ3n) is 3.43. The monoisotopic (exact) mass is 274 g/mol. The number of carbonyl (C=O) groups is 1. The summed E-state index contributed by atoms with van der Waals surface area (Å²) in [6.07, 6.45) is 16.0. The van der Waals surface area contributed by atoms with Crippen molar-refractivity contribution in [2.75, 3.05) is 5.88 Å². The molecule has 0 unspecified atom stereocenters. The Balaban J connectivity index is 3.01. The van der Waals surface area contributed by atoms with Crippen LogP contribution in [0.15, 0.2) is 0 Å². The SMILES string of the molecule is CCCCCCCCCCCCCC(=O)CCCl. The first kappa shape index (κ1) is 18.0. The summed E-state index contributed by atoms with van der Waals surface area (Å²) in [5.74, 6) is 0.817. The van der Waals surface area contributed by atoms with Gasteiger partial charge in [0.05, 0.1) is 0 Å². The van der Waals surface area contributed by atoms with Crippen LogP contribution in [0.1, 0.15) is 90.4 Å². The first-order valence-electron chi connectivity index (χ1n) is 7.89. The molecule has 0 atom stereocenters. The average Bonchev–Trinajstić information content (AvgIpc) is 2.36. The highest BCUT2D eigenvalue weighted by atomic mass is 35.5. The van der Waals surface area contributed by atoms with Gasteiger partial charge in [0.15, 0.2) is 0 Å². The van der Waals surface area contributed by atoms with Crippen molar-refractivity contribution in [1.29, 1.82) is 0 Å². The molecule has 0 amide bonds. The van der Waals surface area contributed by atoms with E-state index in [1.54, 1.807) is 0 Å². The maximum absolute atomic E-state index is 11.2. The van der Waals surface area contributed by atoms with Crippen molar-refractivity contribution >= 4 is 17.4 Å². The number of hydrogen-bond acceptors (Lipinski definition) is 1. The van der Waals surface area contributed by atoms with Gasteiger partial charge in [-0.1, -0.05) is 71.1 Å². The van der Waals surface area contributed by atoms with Gasteiger partial charge in [0.25, 0.3) is 0 Å². The van der Waals surface area contributed by atoms with E-state index in [9.17, 15) is 4.79 Å². The molecule has 0 bridgehead atoms.